The number of hydrogen-bond donors (Lipinski definition) is 3. The van der Waals surface area contributed by atoms with Gasteiger partial charge in [-0.2, -0.15) is 0 Å². The van der Waals surface area contributed by atoms with Crippen molar-refractivity contribution in [2.24, 2.45) is 5.92 Å². The van der Waals surface area contributed by atoms with E-state index in [0.717, 1.165) is 30.3 Å². The first-order valence-corrected chi connectivity index (χ1v) is 7.70. The van der Waals surface area contributed by atoms with Crippen molar-refractivity contribution in [3.63, 3.8) is 0 Å². The van der Waals surface area contributed by atoms with Crippen molar-refractivity contribution < 1.29 is 14.7 Å². The third-order valence-corrected chi connectivity index (χ3v) is 4.25. The molecule has 1 aliphatic carbocycles. The van der Waals surface area contributed by atoms with E-state index in [-0.39, 0.29) is 22.8 Å². The van der Waals surface area contributed by atoms with Crippen LogP contribution in [0.2, 0.25) is 0 Å². The molecule has 120 valence electrons. The van der Waals surface area contributed by atoms with E-state index in [1.165, 1.54) is 6.20 Å². The number of aromatic amines is 1. The van der Waals surface area contributed by atoms with Crippen LogP contribution >= 0.6 is 15.9 Å². The SMILES string of the molecule is O=C(N[C@@H](Cn1cc(Br)c(=O)[nH]c1=O)C(=O)O)C1CCCC1. The van der Waals surface area contributed by atoms with E-state index in [1.807, 2.05) is 0 Å². The Hall–Kier alpha value is -1.90. The Morgan fingerprint density at radius 2 is 2.05 bits per heavy atom. The minimum absolute atomic E-state index is 0.110. The molecule has 0 aliphatic heterocycles. The molecule has 1 fully saturated rings. The van der Waals surface area contributed by atoms with Crippen molar-refractivity contribution in [3.05, 3.63) is 31.5 Å². The highest BCUT2D eigenvalue weighted by Crippen LogP contribution is 2.24. The second-order valence-electron chi connectivity index (χ2n) is 5.27. The van der Waals surface area contributed by atoms with Crippen LogP contribution in [0.25, 0.3) is 0 Å². The van der Waals surface area contributed by atoms with E-state index in [1.54, 1.807) is 0 Å². The van der Waals surface area contributed by atoms with Gasteiger partial charge in [0.1, 0.15) is 6.04 Å². The summed E-state index contributed by atoms with van der Waals surface area (Å²) < 4.78 is 1.15. The van der Waals surface area contributed by atoms with Crippen LogP contribution in [0.3, 0.4) is 0 Å². The van der Waals surface area contributed by atoms with Crippen molar-refractivity contribution in [3.8, 4) is 0 Å². The number of nitrogens with one attached hydrogen (secondary N) is 2. The van der Waals surface area contributed by atoms with Gasteiger partial charge in [0.2, 0.25) is 5.91 Å². The van der Waals surface area contributed by atoms with Crippen LogP contribution in [0, 0.1) is 5.92 Å². The van der Waals surface area contributed by atoms with Gasteiger partial charge in [-0.05, 0) is 28.8 Å². The molecular formula is C13H16BrN3O5. The summed E-state index contributed by atoms with van der Waals surface area (Å²) >= 11 is 2.97. The third-order valence-electron chi connectivity index (χ3n) is 3.69. The molecule has 9 heteroatoms. The van der Waals surface area contributed by atoms with Gasteiger partial charge < -0.3 is 10.4 Å². The molecule has 22 heavy (non-hydrogen) atoms. The van der Waals surface area contributed by atoms with Crippen molar-refractivity contribution in [1.82, 2.24) is 14.9 Å². The molecule has 0 saturated heterocycles. The monoisotopic (exact) mass is 373 g/mol. The number of rotatable bonds is 5. The molecule has 1 heterocycles. The largest absolute Gasteiger partial charge is 0.480 e. The molecule has 0 spiro atoms. The second-order valence-corrected chi connectivity index (χ2v) is 6.12. The normalized spacial score (nSPS) is 16.4. The molecule has 2 rings (SSSR count). The zero-order valence-corrected chi connectivity index (χ0v) is 13.3. The maximum atomic E-state index is 12.0. The minimum atomic E-state index is -1.24. The Kier molecular flexibility index (Phi) is 5.17. The number of carbonyl (C=O) groups excluding carboxylic acids is 1. The maximum absolute atomic E-state index is 12.0. The van der Waals surface area contributed by atoms with Crippen LogP contribution in [-0.2, 0) is 16.1 Å². The second kappa shape index (κ2) is 6.91. The van der Waals surface area contributed by atoms with Crippen LogP contribution in [-0.4, -0.2) is 32.6 Å². The number of carboxylic acids is 1. The number of aromatic nitrogens is 2. The smallest absolute Gasteiger partial charge is 0.328 e. The van der Waals surface area contributed by atoms with Gasteiger partial charge in [-0.25, -0.2) is 9.59 Å². The minimum Gasteiger partial charge on any atom is -0.480 e. The Balaban J connectivity index is 2.14. The Morgan fingerprint density at radius 1 is 1.41 bits per heavy atom. The third kappa shape index (κ3) is 3.85. The van der Waals surface area contributed by atoms with Crippen LogP contribution in [0.1, 0.15) is 25.7 Å². The van der Waals surface area contributed by atoms with Crippen LogP contribution < -0.4 is 16.6 Å². The molecule has 1 aromatic rings. The molecule has 0 aromatic carbocycles. The van der Waals surface area contributed by atoms with E-state index in [4.69, 9.17) is 0 Å². The highest BCUT2D eigenvalue weighted by Gasteiger charge is 2.27. The molecule has 1 atom stereocenters. The number of carbonyl (C=O) groups is 2. The molecule has 0 radical (unpaired) electrons. The van der Waals surface area contributed by atoms with Crippen molar-refractivity contribution >= 4 is 27.8 Å². The Bertz CT molecular complexity index is 690. The summed E-state index contributed by atoms with van der Waals surface area (Å²) in [5.74, 6) is -1.71. The molecular weight excluding hydrogens is 358 g/mol. The lowest BCUT2D eigenvalue weighted by Crippen LogP contribution is -2.47. The number of carboxylic acid groups (broad SMARTS) is 1. The maximum Gasteiger partial charge on any atom is 0.328 e. The molecule has 3 N–H and O–H groups in total. The van der Waals surface area contributed by atoms with Gasteiger partial charge in [0.25, 0.3) is 5.56 Å². The number of aliphatic carboxylic acids is 1. The molecule has 8 nitrogen and oxygen atoms in total. The van der Waals surface area contributed by atoms with Gasteiger partial charge in [-0.3, -0.25) is 19.1 Å². The summed E-state index contributed by atoms with van der Waals surface area (Å²) in [5.41, 5.74) is -1.32. The summed E-state index contributed by atoms with van der Waals surface area (Å²) in [6, 6.07) is -1.23. The van der Waals surface area contributed by atoms with Crippen LogP contribution in [0.5, 0.6) is 0 Å². The predicted molar refractivity (Wildman–Crippen MR) is 80.5 cm³/mol. The van der Waals surface area contributed by atoms with E-state index < -0.39 is 23.3 Å². The Morgan fingerprint density at radius 3 is 2.64 bits per heavy atom. The van der Waals surface area contributed by atoms with E-state index in [0.29, 0.717) is 0 Å². The fourth-order valence-corrected chi connectivity index (χ4v) is 2.82. The fraction of sp³-hybridized carbons (Fsp3) is 0.538. The van der Waals surface area contributed by atoms with Gasteiger partial charge in [0, 0.05) is 12.1 Å². The number of halogens is 1. The summed E-state index contributed by atoms with van der Waals surface area (Å²) in [4.78, 5) is 48.3. The number of nitrogens with zero attached hydrogens (tertiary/aromatic N) is 1. The molecule has 0 bridgehead atoms. The lowest BCUT2D eigenvalue weighted by molar-refractivity contribution is -0.142. The molecule has 1 saturated carbocycles. The summed E-state index contributed by atoms with van der Waals surface area (Å²) in [7, 11) is 0. The molecule has 0 unspecified atom stereocenters. The van der Waals surface area contributed by atoms with Crippen LogP contribution in [0.4, 0.5) is 0 Å². The van der Waals surface area contributed by atoms with Gasteiger partial charge in [-0.1, -0.05) is 12.8 Å². The predicted octanol–water partition coefficient (Wildman–Crippen LogP) is 0.0587. The number of H-pyrrole nitrogens is 1. The van der Waals surface area contributed by atoms with E-state index in [2.05, 4.69) is 26.2 Å². The molecule has 1 amide bonds. The van der Waals surface area contributed by atoms with Crippen molar-refractivity contribution in [2.75, 3.05) is 0 Å². The highest BCUT2D eigenvalue weighted by molar-refractivity contribution is 9.10. The van der Waals surface area contributed by atoms with Crippen molar-refractivity contribution in [1.29, 1.82) is 0 Å². The highest BCUT2D eigenvalue weighted by atomic mass is 79.9. The first-order valence-electron chi connectivity index (χ1n) is 6.91. The fourth-order valence-electron chi connectivity index (χ4n) is 2.48. The van der Waals surface area contributed by atoms with Gasteiger partial charge in [-0.15, -0.1) is 0 Å². The van der Waals surface area contributed by atoms with E-state index in [9.17, 15) is 24.3 Å². The van der Waals surface area contributed by atoms with Gasteiger partial charge >= 0.3 is 11.7 Å². The average molecular weight is 374 g/mol. The first kappa shape index (κ1) is 16.5. The lowest BCUT2D eigenvalue weighted by Gasteiger charge is -2.18. The van der Waals surface area contributed by atoms with Crippen LogP contribution in [0.15, 0.2) is 20.3 Å². The molecule has 1 aromatic heterocycles. The quantitative estimate of drug-likeness (QED) is 0.673. The van der Waals surface area contributed by atoms with E-state index >= 15 is 0 Å². The lowest BCUT2D eigenvalue weighted by atomic mass is 10.1. The zero-order valence-electron chi connectivity index (χ0n) is 11.7. The van der Waals surface area contributed by atoms with Gasteiger partial charge in [0.15, 0.2) is 0 Å². The number of amides is 1. The average Bonchev–Trinajstić information content (AvgIpc) is 2.97. The van der Waals surface area contributed by atoms with Gasteiger partial charge in [0.05, 0.1) is 11.0 Å². The topological polar surface area (TPSA) is 121 Å². The first-order chi connectivity index (χ1) is 10.4. The van der Waals surface area contributed by atoms with Crippen molar-refractivity contribution in [2.45, 2.75) is 38.3 Å². The zero-order chi connectivity index (χ0) is 16.3. The summed E-state index contributed by atoms with van der Waals surface area (Å²) in [6.45, 7) is -0.262. The Labute approximate surface area is 133 Å². The number of hydrogen-bond acceptors (Lipinski definition) is 4. The summed E-state index contributed by atoms with van der Waals surface area (Å²) in [6.07, 6.45) is 4.63. The standard InChI is InChI=1S/C13H16BrN3O5/c14-8-5-17(13(22)16-11(8)19)6-9(12(20)21)15-10(18)7-3-1-2-4-7/h5,7,9H,1-4,6H2,(H,15,18)(H,20,21)(H,16,19,22)/t9-/m0/s1. The summed E-state index contributed by atoms with van der Waals surface area (Å²) in [5, 5.41) is 11.7. The molecule has 1 aliphatic rings.